The van der Waals surface area contributed by atoms with Crippen molar-refractivity contribution in [3.63, 3.8) is 0 Å². The fourth-order valence-electron chi connectivity index (χ4n) is 4.47. The van der Waals surface area contributed by atoms with Gasteiger partial charge in [-0.2, -0.15) is 0 Å². The number of aromatic hydroxyl groups is 1. The molecule has 0 spiro atoms. The maximum atomic E-state index is 13.7. The minimum Gasteiger partial charge on any atom is -0.508 e. The fraction of sp³-hybridized carbons (Fsp3) is 0.346. The van der Waals surface area contributed by atoms with Crippen LogP contribution in [0.15, 0.2) is 54.6 Å². The van der Waals surface area contributed by atoms with E-state index in [1.54, 1.807) is 12.1 Å². The highest BCUT2D eigenvalue weighted by Crippen LogP contribution is 2.39. The molecule has 0 heterocycles. The molecule has 1 aliphatic carbocycles. The summed E-state index contributed by atoms with van der Waals surface area (Å²) in [6, 6.07) is 15.9. The van der Waals surface area contributed by atoms with Crippen LogP contribution in [-0.2, 0) is 32.2 Å². The van der Waals surface area contributed by atoms with Crippen LogP contribution in [0.5, 0.6) is 5.75 Å². The molecule has 172 valence electrons. The van der Waals surface area contributed by atoms with E-state index in [1.165, 1.54) is 24.1 Å². The van der Waals surface area contributed by atoms with Crippen LogP contribution >= 0.6 is 0 Å². The number of amides is 2. The van der Waals surface area contributed by atoms with Crippen LogP contribution in [0.4, 0.5) is 0 Å². The van der Waals surface area contributed by atoms with E-state index in [9.17, 15) is 19.5 Å². The number of nitrogens with zero attached hydrogens (tertiary/aromatic N) is 1. The summed E-state index contributed by atoms with van der Waals surface area (Å²) in [6.07, 6.45) is 7.06. The minimum absolute atomic E-state index is 0.0179. The van der Waals surface area contributed by atoms with Crippen LogP contribution in [0.1, 0.15) is 36.8 Å². The number of phenols is 1. The lowest BCUT2D eigenvalue weighted by atomic mass is 9.73. The van der Waals surface area contributed by atoms with E-state index in [2.05, 4.69) is 11.2 Å². The molecule has 2 amide bonds. The summed E-state index contributed by atoms with van der Waals surface area (Å²) in [5, 5.41) is 12.8. The van der Waals surface area contributed by atoms with Gasteiger partial charge < -0.3 is 20.1 Å². The predicted molar refractivity (Wildman–Crippen MR) is 122 cm³/mol. The Balaban J connectivity index is 1.98. The zero-order valence-corrected chi connectivity index (χ0v) is 18.6. The average Bonchev–Trinajstić information content (AvgIpc) is 2.85. The van der Waals surface area contributed by atoms with E-state index in [0.717, 1.165) is 5.56 Å². The Hall–Kier alpha value is -3.79. The summed E-state index contributed by atoms with van der Waals surface area (Å²) < 4.78 is 4.95. The van der Waals surface area contributed by atoms with Gasteiger partial charge in [0.1, 0.15) is 11.3 Å². The second kappa shape index (κ2) is 10.7. The van der Waals surface area contributed by atoms with Crippen molar-refractivity contribution < 1.29 is 24.2 Å². The topological polar surface area (TPSA) is 95.9 Å². The summed E-state index contributed by atoms with van der Waals surface area (Å²) in [5.74, 6) is 0.198. The lowest BCUT2D eigenvalue weighted by Crippen LogP contribution is -2.62. The molecule has 3 rings (SSSR count). The van der Waals surface area contributed by atoms with Gasteiger partial charge >= 0.3 is 5.97 Å². The molecule has 2 unspecified atom stereocenters. The number of methoxy groups -OCH3 is 1. The molecule has 7 nitrogen and oxygen atoms in total. The van der Waals surface area contributed by atoms with Crippen LogP contribution < -0.4 is 5.32 Å². The summed E-state index contributed by atoms with van der Waals surface area (Å²) in [4.78, 5) is 40.4. The second-order valence-electron chi connectivity index (χ2n) is 8.22. The lowest BCUT2D eigenvalue weighted by molar-refractivity contribution is -0.156. The number of benzene rings is 2. The van der Waals surface area contributed by atoms with Gasteiger partial charge in [-0.25, -0.2) is 0 Å². The molecule has 0 aliphatic heterocycles. The van der Waals surface area contributed by atoms with Gasteiger partial charge in [-0.15, -0.1) is 6.42 Å². The Kier molecular flexibility index (Phi) is 7.73. The third-order valence-corrected chi connectivity index (χ3v) is 6.12. The number of nitrogens with one attached hydrogen (secondary N) is 1. The Morgan fingerprint density at radius 1 is 1.18 bits per heavy atom. The third-order valence-electron chi connectivity index (χ3n) is 6.12. The first kappa shape index (κ1) is 23.9. The highest BCUT2D eigenvalue weighted by molar-refractivity contribution is 5.99. The third kappa shape index (κ3) is 5.53. The van der Waals surface area contributed by atoms with E-state index in [0.29, 0.717) is 24.8 Å². The molecule has 0 bridgehead atoms. The van der Waals surface area contributed by atoms with E-state index in [-0.39, 0.29) is 31.2 Å². The Morgan fingerprint density at radius 2 is 1.91 bits per heavy atom. The predicted octanol–water partition coefficient (Wildman–Crippen LogP) is 2.77. The Morgan fingerprint density at radius 3 is 2.58 bits per heavy atom. The Labute approximate surface area is 193 Å². The first-order valence-corrected chi connectivity index (χ1v) is 10.9. The fourth-order valence-corrected chi connectivity index (χ4v) is 4.47. The van der Waals surface area contributed by atoms with E-state index in [4.69, 9.17) is 11.2 Å². The van der Waals surface area contributed by atoms with Gasteiger partial charge in [0.25, 0.3) is 5.91 Å². The van der Waals surface area contributed by atoms with Crippen LogP contribution in [0.2, 0.25) is 0 Å². The number of phenolic OH excluding ortho intramolecular Hbond substituents is 1. The number of carbonyl (C=O) groups is 3. The van der Waals surface area contributed by atoms with Crippen LogP contribution in [0.25, 0.3) is 0 Å². The monoisotopic (exact) mass is 448 g/mol. The summed E-state index contributed by atoms with van der Waals surface area (Å²) in [7, 11) is 1.31. The first-order valence-electron chi connectivity index (χ1n) is 10.9. The van der Waals surface area contributed by atoms with Crippen molar-refractivity contribution in [3.05, 3.63) is 65.7 Å². The number of hydrogen-bond donors (Lipinski definition) is 2. The molecule has 33 heavy (non-hydrogen) atoms. The van der Waals surface area contributed by atoms with Crippen molar-refractivity contribution in [2.24, 2.45) is 5.92 Å². The second-order valence-corrected chi connectivity index (χ2v) is 8.22. The van der Waals surface area contributed by atoms with Crippen LogP contribution in [0.3, 0.4) is 0 Å². The van der Waals surface area contributed by atoms with E-state index >= 15 is 0 Å². The molecule has 1 fully saturated rings. The van der Waals surface area contributed by atoms with E-state index < -0.39 is 23.3 Å². The van der Waals surface area contributed by atoms with Gasteiger partial charge in [0, 0.05) is 13.1 Å². The molecular formula is C26H28N2O5. The minimum atomic E-state index is -1.33. The number of carbonyl (C=O) groups excluding carboxylic acids is 3. The number of ether oxygens (including phenoxy) is 1. The summed E-state index contributed by atoms with van der Waals surface area (Å²) >= 11 is 0. The largest absolute Gasteiger partial charge is 0.508 e. The molecule has 2 aromatic carbocycles. The van der Waals surface area contributed by atoms with E-state index in [1.807, 2.05) is 30.3 Å². The SMILES string of the molecule is C#CC(=O)N(Cc1cccc(O)c1)C1(C(=O)NCc2ccccc2)CCCC(C(=O)OC)C1. The average molecular weight is 449 g/mol. The van der Waals surface area contributed by atoms with Gasteiger partial charge in [0.05, 0.1) is 13.0 Å². The molecule has 1 aliphatic rings. The highest BCUT2D eigenvalue weighted by atomic mass is 16.5. The highest BCUT2D eigenvalue weighted by Gasteiger charge is 2.50. The molecule has 7 heteroatoms. The standard InChI is InChI=1S/C26H28N2O5/c1-3-23(30)28(18-20-11-7-13-22(29)15-20)26(14-8-12-21(16-26)24(31)33-2)25(32)27-17-19-9-5-4-6-10-19/h1,4-7,9-11,13,15,21,29H,8,12,14,16-18H2,2H3,(H,27,32). The van der Waals surface area contributed by atoms with Gasteiger partial charge in [-0.1, -0.05) is 42.5 Å². The van der Waals surface area contributed by atoms with Crippen molar-refractivity contribution in [2.75, 3.05) is 7.11 Å². The van der Waals surface area contributed by atoms with Crippen molar-refractivity contribution >= 4 is 17.8 Å². The zero-order valence-electron chi connectivity index (χ0n) is 18.6. The zero-order chi connectivity index (χ0) is 23.8. The maximum Gasteiger partial charge on any atom is 0.308 e. The molecule has 0 radical (unpaired) electrons. The van der Waals surface area contributed by atoms with Crippen molar-refractivity contribution in [3.8, 4) is 18.1 Å². The van der Waals surface area contributed by atoms with Gasteiger partial charge in [-0.3, -0.25) is 14.4 Å². The van der Waals surface area contributed by atoms with Crippen LogP contribution in [-0.4, -0.2) is 40.4 Å². The van der Waals surface area contributed by atoms with Gasteiger partial charge in [0.2, 0.25) is 5.91 Å². The molecule has 2 N–H and O–H groups in total. The lowest BCUT2D eigenvalue weighted by Gasteiger charge is -2.46. The van der Waals surface area contributed by atoms with Gasteiger partial charge in [-0.05, 0) is 54.9 Å². The maximum absolute atomic E-state index is 13.7. The molecular weight excluding hydrogens is 420 g/mol. The molecule has 2 atom stereocenters. The smallest absolute Gasteiger partial charge is 0.308 e. The number of hydrogen-bond acceptors (Lipinski definition) is 5. The number of esters is 1. The summed E-state index contributed by atoms with van der Waals surface area (Å²) in [5.41, 5.74) is 0.194. The first-order chi connectivity index (χ1) is 15.9. The molecule has 2 aromatic rings. The van der Waals surface area contributed by atoms with Crippen molar-refractivity contribution in [1.29, 1.82) is 0 Å². The molecule has 0 aromatic heterocycles. The summed E-state index contributed by atoms with van der Waals surface area (Å²) in [6.45, 7) is 0.290. The quantitative estimate of drug-likeness (QED) is 0.502. The Bertz CT molecular complexity index is 1050. The van der Waals surface area contributed by atoms with Crippen molar-refractivity contribution in [2.45, 2.75) is 44.3 Å². The molecule has 0 saturated heterocycles. The molecule has 1 saturated carbocycles. The van der Waals surface area contributed by atoms with Crippen molar-refractivity contribution in [1.82, 2.24) is 10.2 Å². The number of terminal acetylenes is 1. The van der Waals surface area contributed by atoms with Gasteiger partial charge in [0.15, 0.2) is 0 Å². The number of rotatable bonds is 7. The van der Waals surface area contributed by atoms with Crippen LogP contribution in [0, 0.1) is 18.3 Å². The normalized spacial score (nSPS) is 19.7.